The van der Waals surface area contributed by atoms with Crippen LogP contribution in [0.15, 0.2) is 94.1 Å². The summed E-state index contributed by atoms with van der Waals surface area (Å²) in [4.78, 5) is 18.2. The number of hydrogen-bond acceptors (Lipinski definition) is 4. The summed E-state index contributed by atoms with van der Waals surface area (Å²) in [6, 6.07) is 27.5. The van der Waals surface area contributed by atoms with Crippen LogP contribution < -0.4 is 10.4 Å². The molecule has 0 aliphatic rings. The van der Waals surface area contributed by atoms with Crippen LogP contribution in [0.1, 0.15) is 0 Å². The van der Waals surface area contributed by atoms with Crippen LogP contribution in [0.3, 0.4) is 0 Å². The molecule has 148 valence electrons. The van der Waals surface area contributed by atoms with E-state index in [9.17, 15) is 4.79 Å². The van der Waals surface area contributed by atoms with Crippen LogP contribution in [0.2, 0.25) is 0 Å². The standard InChI is InChI=1S/C27H17NO3/c1-30-18-13-10-17(11-14-18)23-24-19-7-3-2-6-16(19)12-15-21(24)28-26-20-8-4-5-9-22(20)31-27(29)25(23)26/h2-15H,1H3. The van der Waals surface area contributed by atoms with E-state index in [1.54, 1.807) is 13.2 Å². The lowest BCUT2D eigenvalue weighted by Crippen LogP contribution is -2.04. The number of hydrogen-bond donors (Lipinski definition) is 0. The molecule has 2 aromatic heterocycles. The minimum atomic E-state index is -0.387. The maximum atomic E-state index is 13.3. The minimum Gasteiger partial charge on any atom is -0.497 e. The number of fused-ring (bicyclic) bond motifs is 6. The van der Waals surface area contributed by atoms with Crippen LogP contribution in [0.4, 0.5) is 0 Å². The Morgan fingerprint density at radius 1 is 0.774 bits per heavy atom. The minimum absolute atomic E-state index is 0.387. The summed E-state index contributed by atoms with van der Waals surface area (Å²) in [5, 5.41) is 4.40. The van der Waals surface area contributed by atoms with Crippen molar-refractivity contribution >= 4 is 43.5 Å². The molecule has 0 spiro atoms. The molecule has 6 aromatic rings. The van der Waals surface area contributed by atoms with Crippen molar-refractivity contribution in [1.82, 2.24) is 4.98 Å². The number of ether oxygens (including phenoxy) is 1. The highest BCUT2D eigenvalue weighted by Crippen LogP contribution is 2.39. The van der Waals surface area contributed by atoms with Gasteiger partial charge in [0.2, 0.25) is 0 Å². The Kier molecular flexibility index (Phi) is 3.80. The Bertz CT molecular complexity index is 1680. The second-order valence-electron chi connectivity index (χ2n) is 7.51. The van der Waals surface area contributed by atoms with Crippen molar-refractivity contribution in [3.63, 3.8) is 0 Å². The van der Waals surface area contributed by atoms with Gasteiger partial charge in [0.05, 0.1) is 23.5 Å². The Hall–Kier alpha value is -4.18. The molecule has 6 rings (SSSR count). The molecule has 0 aliphatic carbocycles. The number of rotatable bonds is 2. The van der Waals surface area contributed by atoms with Gasteiger partial charge in [-0.2, -0.15) is 0 Å². The van der Waals surface area contributed by atoms with E-state index < -0.39 is 0 Å². The number of methoxy groups -OCH3 is 1. The molecule has 0 aliphatic heterocycles. The zero-order valence-corrected chi connectivity index (χ0v) is 16.8. The molecule has 4 aromatic carbocycles. The summed E-state index contributed by atoms with van der Waals surface area (Å²) in [6.07, 6.45) is 0. The van der Waals surface area contributed by atoms with E-state index >= 15 is 0 Å². The Labute approximate surface area is 177 Å². The van der Waals surface area contributed by atoms with Crippen LogP contribution in [0, 0.1) is 0 Å². The van der Waals surface area contributed by atoms with Crippen LogP contribution in [0.25, 0.3) is 54.7 Å². The van der Waals surface area contributed by atoms with Gasteiger partial charge in [-0.15, -0.1) is 0 Å². The van der Waals surface area contributed by atoms with E-state index in [0.717, 1.165) is 43.9 Å². The zero-order valence-electron chi connectivity index (χ0n) is 16.8. The number of aromatic nitrogens is 1. The van der Waals surface area contributed by atoms with Crippen LogP contribution >= 0.6 is 0 Å². The summed E-state index contributed by atoms with van der Waals surface area (Å²) in [5.74, 6) is 0.758. The number of nitrogens with zero attached hydrogens (tertiary/aromatic N) is 1. The average molecular weight is 403 g/mol. The van der Waals surface area contributed by atoms with Crippen LogP contribution in [0.5, 0.6) is 5.75 Å². The first kappa shape index (κ1) is 17.7. The number of benzene rings is 4. The first-order valence-corrected chi connectivity index (χ1v) is 10.1. The topological polar surface area (TPSA) is 52.3 Å². The number of para-hydroxylation sites is 1. The van der Waals surface area contributed by atoms with E-state index in [1.165, 1.54) is 0 Å². The molecule has 0 saturated heterocycles. The molecule has 4 nitrogen and oxygen atoms in total. The maximum absolute atomic E-state index is 13.3. The SMILES string of the molecule is COc1ccc(-c2c3c(=O)oc4ccccc4c3nc3ccc4ccccc4c23)cc1. The highest BCUT2D eigenvalue weighted by molar-refractivity contribution is 6.22. The first-order chi connectivity index (χ1) is 15.2. The van der Waals surface area contributed by atoms with Crippen molar-refractivity contribution in [2.45, 2.75) is 0 Å². The molecule has 0 saturated carbocycles. The fourth-order valence-corrected chi connectivity index (χ4v) is 4.38. The van der Waals surface area contributed by atoms with Crippen molar-refractivity contribution < 1.29 is 9.15 Å². The Morgan fingerprint density at radius 2 is 1.52 bits per heavy atom. The molecule has 0 N–H and O–H groups in total. The van der Waals surface area contributed by atoms with Crippen molar-refractivity contribution in [1.29, 1.82) is 0 Å². The van der Waals surface area contributed by atoms with E-state index in [2.05, 4.69) is 18.2 Å². The van der Waals surface area contributed by atoms with Gasteiger partial charge >= 0.3 is 5.63 Å². The molecule has 2 heterocycles. The average Bonchev–Trinajstić information content (AvgIpc) is 2.83. The largest absolute Gasteiger partial charge is 0.497 e. The van der Waals surface area contributed by atoms with Crippen LogP contribution in [-0.4, -0.2) is 12.1 Å². The molecular weight excluding hydrogens is 386 g/mol. The second-order valence-corrected chi connectivity index (χ2v) is 7.51. The van der Waals surface area contributed by atoms with Gasteiger partial charge in [-0.25, -0.2) is 9.78 Å². The maximum Gasteiger partial charge on any atom is 0.346 e. The second kappa shape index (κ2) is 6.67. The molecule has 0 fully saturated rings. The molecule has 0 atom stereocenters. The molecular formula is C27H17NO3. The summed E-state index contributed by atoms with van der Waals surface area (Å²) < 4.78 is 11.1. The van der Waals surface area contributed by atoms with E-state index in [4.69, 9.17) is 14.1 Å². The first-order valence-electron chi connectivity index (χ1n) is 10.1. The van der Waals surface area contributed by atoms with Gasteiger partial charge in [0.15, 0.2) is 0 Å². The fraction of sp³-hybridized carbons (Fsp3) is 0.0370. The molecule has 4 heteroatoms. The quantitative estimate of drug-likeness (QED) is 0.193. The predicted octanol–water partition coefficient (Wildman–Crippen LogP) is 6.32. The van der Waals surface area contributed by atoms with Gasteiger partial charge in [-0.3, -0.25) is 0 Å². The highest BCUT2D eigenvalue weighted by Gasteiger charge is 2.19. The molecule has 0 radical (unpaired) electrons. The predicted molar refractivity (Wildman–Crippen MR) is 125 cm³/mol. The lowest BCUT2D eigenvalue weighted by molar-refractivity contribution is 0.415. The summed E-state index contributed by atoms with van der Waals surface area (Å²) >= 11 is 0. The zero-order chi connectivity index (χ0) is 20.9. The molecule has 0 amide bonds. The smallest absolute Gasteiger partial charge is 0.346 e. The third-order valence-corrected chi connectivity index (χ3v) is 5.80. The number of pyridine rings is 1. The van der Waals surface area contributed by atoms with Crippen LogP contribution in [-0.2, 0) is 0 Å². The molecule has 0 unspecified atom stereocenters. The van der Waals surface area contributed by atoms with E-state index in [1.807, 2.05) is 60.7 Å². The Balaban J connectivity index is 1.91. The van der Waals surface area contributed by atoms with E-state index in [0.29, 0.717) is 16.5 Å². The van der Waals surface area contributed by atoms with Gasteiger partial charge in [-0.1, -0.05) is 54.6 Å². The summed E-state index contributed by atoms with van der Waals surface area (Å²) in [7, 11) is 1.64. The monoisotopic (exact) mass is 403 g/mol. The molecule has 0 bridgehead atoms. The van der Waals surface area contributed by atoms with Crippen molar-refractivity contribution in [2.75, 3.05) is 7.11 Å². The van der Waals surface area contributed by atoms with Crippen molar-refractivity contribution in [3.8, 4) is 16.9 Å². The van der Waals surface area contributed by atoms with Gasteiger partial charge in [0.25, 0.3) is 0 Å². The third kappa shape index (κ3) is 2.62. The Morgan fingerprint density at radius 3 is 2.32 bits per heavy atom. The molecule has 31 heavy (non-hydrogen) atoms. The van der Waals surface area contributed by atoms with Gasteiger partial charge < -0.3 is 9.15 Å². The summed E-state index contributed by atoms with van der Waals surface area (Å²) in [5.41, 5.74) is 3.39. The van der Waals surface area contributed by atoms with Gasteiger partial charge in [0, 0.05) is 16.3 Å². The third-order valence-electron chi connectivity index (χ3n) is 5.80. The fourth-order valence-electron chi connectivity index (χ4n) is 4.38. The lowest BCUT2D eigenvalue weighted by Gasteiger charge is -2.14. The van der Waals surface area contributed by atoms with Crippen molar-refractivity contribution in [3.05, 3.63) is 95.3 Å². The van der Waals surface area contributed by atoms with Gasteiger partial charge in [0.1, 0.15) is 11.3 Å². The highest BCUT2D eigenvalue weighted by atomic mass is 16.5. The lowest BCUT2D eigenvalue weighted by atomic mass is 9.93. The van der Waals surface area contributed by atoms with Gasteiger partial charge in [-0.05, 0) is 46.7 Å². The normalized spacial score (nSPS) is 11.5. The van der Waals surface area contributed by atoms with Crippen molar-refractivity contribution in [2.24, 2.45) is 0 Å². The van der Waals surface area contributed by atoms with E-state index in [-0.39, 0.29) is 5.63 Å². The summed E-state index contributed by atoms with van der Waals surface area (Å²) in [6.45, 7) is 0.